The fourth-order valence-electron chi connectivity index (χ4n) is 2.00. The van der Waals surface area contributed by atoms with Crippen LogP contribution in [-0.4, -0.2) is 20.2 Å². The second-order valence-electron chi connectivity index (χ2n) is 3.86. The smallest absolute Gasteiger partial charge is 0.190 e. The van der Waals surface area contributed by atoms with E-state index in [0.717, 1.165) is 12.1 Å². The topological polar surface area (TPSA) is 46.2 Å². The molecule has 0 bridgehead atoms. The average Bonchev–Trinajstić information content (AvgIpc) is 2.64. The van der Waals surface area contributed by atoms with E-state index in [1.807, 2.05) is 18.4 Å². The summed E-state index contributed by atoms with van der Waals surface area (Å²) in [6, 6.07) is 2.13. The number of thiophene rings is 1. The predicted octanol–water partition coefficient (Wildman–Crippen LogP) is 2.54. The third-order valence-electron chi connectivity index (χ3n) is 2.84. The first kappa shape index (κ1) is 14.2. The number of sulfone groups is 1. The molecule has 0 amide bonds. The Kier molecular flexibility index (Phi) is 4.57. The standard InChI is InChI=1S/C10H15NO2S2.BrH/c1-3-11-9-6-7(2)15(12,13)10-8(9)4-5-14-10;/h4-5,7,9,11H,3,6H2,1-2H3;1H/t7-,9-;/m0./s1. The quantitative estimate of drug-likeness (QED) is 0.908. The van der Waals surface area contributed by atoms with Gasteiger partial charge >= 0.3 is 0 Å². The maximum Gasteiger partial charge on any atom is 0.190 e. The van der Waals surface area contributed by atoms with Gasteiger partial charge in [-0.05, 0) is 36.9 Å². The zero-order valence-corrected chi connectivity index (χ0v) is 12.6. The van der Waals surface area contributed by atoms with Crippen molar-refractivity contribution in [2.75, 3.05) is 6.54 Å². The van der Waals surface area contributed by atoms with Crippen LogP contribution in [0.3, 0.4) is 0 Å². The van der Waals surface area contributed by atoms with Crippen LogP contribution in [0.15, 0.2) is 15.7 Å². The minimum atomic E-state index is -3.05. The summed E-state index contributed by atoms with van der Waals surface area (Å²) in [6.07, 6.45) is 0.680. The lowest BCUT2D eigenvalue weighted by molar-refractivity contribution is 0.478. The van der Waals surface area contributed by atoms with E-state index in [1.165, 1.54) is 11.3 Å². The molecule has 16 heavy (non-hydrogen) atoms. The Labute approximate surface area is 111 Å². The lowest BCUT2D eigenvalue weighted by Gasteiger charge is -2.27. The zero-order chi connectivity index (χ0) is 11.1. The molecule has 0 aromatic carbocycles. The lowest BCUT2D eigenvalue weighted by Crippen LogP contribution is -2.33. The summed E-state index contributed by atoms with van der Waals surface area (Å²) in [6.45, 7) is 4.70. The van der Waals surface area contributed by atoms with Crippen molar-refractivity contribution in [3.63, 3.8) is 0 Å². The largest absolute Gasteiger partial charge is 0.310 e. The molecule has 0 saturated heterocycles. The molecule has 0 unspecified atom stereocenters. The highest BCUT2D eigenvalue weighted by Gasteiger charge is 2.36. The second-order valence-corrected chi connectivity index (χ2v) is 7.34. The van der Waals surface area contributed by atoms with E-state index >= 15 is 0 Å². The first-order valence-electron chi connectivity index (χ1n) is 5.12. The van der Waals surface area contributed by atoms with Crippen molar-refractivity contribution in [3.05, 3.63) is 17.0 Å². The summed E-state index contributed by atoms with van der Waals surface area (Å²) >= 11 is 1.34. The summed E-state index contributed by atoms with van der Waals surface area (Å²) in [5.74, 6) is 0. The van der Waals surface area contributed by atoms with Crippen LogP contribution < -0.4 is 5.32 Å². The van der Waals surface area contributed by atoms with Crippen molar-refractivity contribution in [2.24, 2.45) is 0 Å². The molecular formula is C10H16BrNO2S2. The first-order chi connectivity index (χ1) is 7.07. The fourth-order valence-corrected chi connectivity index (χ4v) is 5.23. The molecule has 0 fully saturated rings. The number of hydrogen-bond acceptors (Lipinski definition) is 4. The normalized spacial score (nSPS) is 26.9. The number of rotatable bonds is 2. The van der Waals surface area contributed by atoms with Crippen LogP contribution in [0.5, 0.6) is 0 Å². The van der Waals surface area contributed by atoms with Gasteiger partial charge in [0.05, 0.1) is 5.25 Å². The molecule has 3 nitrogen and oxygen atoms in total. The van der Waals surface area contributed by atoms with Crippen LogP contribution in [-0.2, 0) is 9.84 Å². The molecule has 2 heterocycles. The SMILES string of the molecule is Br.CCN[C@H]1C[C@H](C)S(=O)(=O)c2sccc21. The highest BCUT2D eigenvalue weighted by molar-refractivity contribution is 8.93. The molecular weight excluding hydrogens is 310 g/mol. The minimum absolute atomic E-state index is 0. The average molecular weight is 326 g/mol. The van der Waals surface area contributed by atoms with Gasteiger partial charge in [0.1, 0.15) is 4.21 Å². The third kappa shape index (κ3) is 2.20. The highest BCUT2D eigenvalue weighted by atomic mass is 79.9. The molecule has 1 aliphatic heterocycles. The van der Waals surface area contributed by atoms with Crippen molar-refractivity contribution < 1.29 is 8.42 Å². The first-order valence-corrected chi connectivity index (χ1v) is 7.54. The van der Waals surface area contributed by atoms with Crippen molar-refractivity contribution >= 4 is 38.2 Å². The van der Waals surface area contributed by atoms with Gasteiger partial charge in [0.25, 0.3) is 0 Å². The summed E-state index contributed by atoms with van der Waals surface area (Å²) in [5.41, 5.74) is 0.958. The van der Waals surface area contributed by atoms with Crippen LogP contribution in [0.1, 0.15) is 31.9 Å². The van der Waals surface area contributed by atoms with E-state index in [0.29, 0.717) is 10.6 Å². The van der Waals surface area contributed by atoms with Crippen LogP contribution in [0.4, 0.5) is 0 Å². The van der Waals surface area contributed by atoms with Gasteiger partial charge in [0.15, 0.2) is 9.84 Å². The Hall–Kier alpha value is 0.0900. The Balaban J connectivity index is 0.00000128. The molecule has 1 aromatic rings. The van der Waals surface area contributed by atoms with Crippen molar-refractivity contribution in [1.82, 2.24) is 5.32 Å². The maximum absolute atomic E-state index is 12.0. The van der Waals surface area contributed by atoms with Gasteiger partial charge in [-0.25, -0.2) is 8.42 Å². The van der Waals surface area contributed by atoms with Gasteiger partial charge in [0, 0.05) is 6.04 Å². The molecule has 1 N–H and O–H groups in total. The van der Waals surface area contributed by atoms with Crippen LogP contribution in [0, 0.1) is 0 Å². The maximum atomic E-state index is 12.0. The van der Waals surface area contributed by atoms with Gasteiger partial charge in [-0.15, -0.1) is 28.3 Å². The molecule has 0 aliphatic carbocycles. The van der Waals surface area contributed by atoms with E-state index in [2.05, 4.69) is 5.32 Å². The fraction of sp³-hybridized carbons (Fsp3) is 0.600. The molecule has 0 radical (unpaired) electrons. The number of halogens is 1. The highest BCUT2D eigenvalue weighted by Crippen LogP contribution is 2.39. The molecule has 92 valence electrons. The van der Waals surface area contributed by atoms with Crippen molar-refractivity contribution in [1.29, 1.82) is 0 Å². The number of hydrogen-bond donors (Lipinski definition) is 1. The zero-order valence-electron chi connectivity index (χ0n) is 9.26. The molecule has 6 heteroatoms. The summed E-state index contributed by atoms with van der Waals surface area (Å²) in [5, 5.41) is 4.93. The summed E-state index contributed by atoms with van der Waals surface area (Å²) in [4.78, 5) is 0. The predicted molar refractivity (Wildman–Crippen MR) is 72.3 cm³/mol. The van der Waals surface area contributed by atoms with Gasteiger partial charge in [-0.3, -0.25) is 0 Å². The number of nitrogens with one attached hydrogen (secondary N) is 1. The lowest BCUT2D eigenvalue weighted by atomic mass is 10.1. The summed E-state index contributed by atoms with van der Waals surface area (Å²) in [7, 11) is -3.05. The van der Waals surface area contributed by atoms with Gasteiger partial charge in [-0.1, -0.05) is 6.92 Å². The molecule has 2 rings (SSSR count). The molecule has 1 aliphatic rings. The van der Waals surface area contributed by atoms with Crippen LogP contribution in [0.25, 0.3) is 0 Å². The molecule has 0 spiro atoms. The number of fused-ring (bicyclic) bond motifs is 1. The Bertz CT molecular complexity index is 455. The van der Waals surface area contributed by atoms with E-state index in [1.54, 1.807) is 6.92 Å². The van der Waals surface area contributed by atoms with Gasteiger partial charge < -0.3 is 5.32 Å². The Morgan fingerprint density at radius 2 is 2.25 bits per heavy atom. The third-order valence-corrected chi connectivity index (χ3v) is 6.55. The van der Waals surface area contributed by atoms with E-state index < -0.39 is 9.84 Å². The molecule has 0 saturated carbocycles. The molecule has 2 atom stereocenters. The minimum Gasteiger partial charge on any atom is -0.310 e. The van der Waals surface area contributed by atoms with E-state index in [4.69, 9.17) is 0 Å². The van der Waals surface area contributed by atoms with Crippen LogP contribution in [0.2, 0.25) is 0 Å². The van der Waals surface area contributed by atoms with E-state index in [9.17, 15) is 8.42 Å². The van der Waals surface area contributed by atoms with Crippen molar-refractivity contribution in [2.45, 2.75) is 35.8 Å². The monoisotopic (exact) mass is 325 g/mol. The molecule has 1 aromatic heterocycles. The van der Waals surface area contributed by atoms with Gasteiger partial charge in [-0.2, -0.15) is 0 Å². The van der Waals surface area contributed by atoms with Crippen molar-refractivity contribution in [3.8, 4) is 0 Å². The summed E-state index contributed by atoms with van der Waals surface area (Å²) < 4.78 is 24.6. The Morgan fingerprint density at radius 1 is 1.56 bits per heavy atom. The second kappa shape index (κ2) is 5.16. The van der Waals surface area contributed by atoms with Crippen LogP contribution >= 0.6 is 28.3 Å². The van der Waals surface area contributed by atoms with Gasteiger partial charge in [0.2, 0.25) is 0 Å². The Morgan fingerprint density at radius 3 is 2.88 bits per heavy atom. The van der Waals surface area contributed by atoms with E-state index in [-0.39, 0.29) is 28.3 Å².